The smallest absolute Gasteiger partial charge is 0.0688 e. The van der Waals surface area contributed by atoms with Crippen molar-refractivity contribution in [3.63, 3.8) is 0 Å². The molecule has 2 heteroatoms. The predicted octanol–water partition coefficient (Wildman–Crippen LogP) is 3.86. The van der Waals surface area contributed by atoms with Crippen molar-refractivity contribution < 1.29 is 0 Å². The van der Waals surface area contributed by atoms with E-state index < -0.39 is 0 Å². The molecule has 0 nitrogen and oxygen atoms in total. The fraction of sp³-hybridized carbons (Fsp3) is 0.333. The molecule has 0 radical (unpaired) electrons. The summed E-state index contributed by atoms with van der Waals surface area (Å²) in [4.78, 5) is 0. The van der Waals surface area contributed by atoms with Crippen molar-refractivity contribution in [2.75, 3.05) is 0 Å². The highest BCUT2D eigenvalue weighted by Gasteiger charge is 1.97. The Balaban J connectivity index is 2.65. The Morgan fingerprint density at radius 1 is 1.64 bits per heavy atom. The minimum absolute atomic E-state index is 1.09. The van der Waals surface area contributed by atoms with Gasteiger partial charge in [-0.1, -0.05) is 11.6 Å². The van der Waals surface area contributed by atoms with Crippen molar-refractivity contribution >= 4 is 33.9 Å². The Bertz CT molecular complexity index is 256. The van der Waals surface area contributed by atoms with Crippen molar-refractivity contribution in [1.29, 1.82) is 0 Å². The fourth-order valence-electron chi connectivity index (χ4n) is 0.779. The van der Waals surface area contributed by atoms with Crippen molar-refractivity contribution in [3.8, 4) is 0 Å². The molecule has 0 amide bonds. The summed E-state index contributed by atoms with van der Waals surface area (Å²) in [6.07, 6.45) is 3.36. The molecule has 0 fully saturated rings. The van der Waals surface area contributed by atoms with Crippen LogP contribution < -0.4 is 0 Å². The van der Waals surface area contributed by atoms with Crippen LogP contribution in [0.1, 0.15) is 19.4 Å². The highest BCUT2D eigenvalue weighted by Crippen LogP contribution is 2.19. The normalized spacial score (nSPS) is 9.73. The maximum atomic E-state index is 2.39. The van der Waals surface area contributed by atoms with Crippen LogP contribution in [-0.4, -0.2) is 0 Å². The fourth-order valence-corrected chi connectivity index (χ4v) is 2.27. The van der Waals surface area contributed by atoms with Gasteiger partial charge in [-0.25, -0.2) is 0 Å². The molecule has 0 atom stereocenters. The Labute approximate surface area is 85.5 Å². The quantitative estimate of drug-likeness (QED) is 0.569. The van der Waals surface area contributed by atoms with E-state index in [4.69, 9.17) is 0 Å². The molecule has 1 heterocycles. The Morgan fingerprint density at radius 3 is 2.82 bits per heavy atom. The molecule has 0 aliphatic carbocycles. The number of hydrogen-bond acceptors (Lipinski definition) is 1. The van der Waals surface area contributed by atoms with Gasteiger partial charge in [0.15, 0.2) is 0 Å². The topological polar surface area (TPSA) is 0 Å². The molecule has 11 heavy (non-hydrogen) atoms. The van der Waals surface area contributed by atoms with E-state index in [1.807, 2.05) is 11.3 Å². The zero-order chi connectivity index (χ0) is 8.27. The summed E-state index contributed by atoms with van der Waals surface area (Å²) in [6, 6.07) is 2.20. The Morgan fingerprint density at radius 2 is 2.36 bits per heavy atom. The molecular formula is C9H11IS. The summed E-state index contributed by atoms with van der Waals surface area (Å²) in [5, 5.41) is 2.15. The highest BCUT2D eigenvalue weighted by molar-refractivity contribution is 14.1. The first-order valence-electron chi connectivity index (χ1n) is 3.55. The van der Waals surface area contributed by atoms with E-state index in [1.165, 1.54) is 14.0 Å². The zero-order valence-corrected chi connectivity index (χ0v) is 9.70. The van der Waals surface area contributed by atoms with Gasteiger partial charge >= 0.3 is 0 Å². The molecule has 0 unspecified atom stereocenters. The van der Waals surface area contributed by atoms with Crippen molar-refractivity contribution in [2.45, 2.75) is 20.3 Å². The van der Waals surface area contributed by atoms with E-state index in [0.717, 1.165) is 6.42 Å². The molecule has 0 saturated heterocycles. The summed E-state index contributed by atoms with van der Waals surface area (Å²) in [7, 11) is 0. The largest absolute Gasteiger partial charge is 0.137 e. The van der Waals surface area contributed by atoms with Gasteiger partial charge in [0.2, 0.25) is 0 Å². The lowest BCUT2D eigenvalue weighted by Crippen LogP contribution is -1.79. The van der Waals surface area contributed by atoms with Gasteiger partial charge in [0.1, 0.15) is 0 Å². The van der Waals surface area contributed by atoms with E-state index in [-0.39, 0.29) is 0 Å². The molecule has 0 saturated carbocycles. The molecule has 1 aromatic rings. The summed E-state index contributed by atoms with van der Waals surface area (Å²) in [5.74, 6) is 0. The third kappa shape index (κ3) is 2.95. The maximum absolute atomic E-state index is 2.39. The van der Waals surface area contributed by atoms with Gasteiger partial charge in [0, 0.05) is 0 Å². The molecule has 0 aromatic carbocycles. The van der Waals surface area contributed by atoms with E-state index in [0.29, 0.717) is 0 Å². The third-order valence-electron chi connectivity index (χ3n) is 1.42. The Kier molecular flexibility index (Phi) is 3.59. The van der Waals surface area contributed by atoms with Crippen LogP contribution in [0.5, 0.6) is 0 Å². The minimum Gasteiger partial charge on any atom is -0.137 e. The van der Waals surface area contributed by atoms with E-state index in [9.17, 15) is 0 Å². The highest BCUT2D eigenvalue weighted by atomic mass is 127. The average Bonchev–Trinajstić information content (AvgIpc) is 2.31. The van der Waals surface area contributed by atoms with Crippen LogP contribution in [0.3, 0.4) is 0 Å². The minimum atomic E-state index is 1.09. The Hall–Kier alpha value is 0.170. The SMILES string of the molecule is CC(C)=CCc1ccsc1I. The lowest BCUT2D eigenvalue weighted by Gasteiger charge is -1.92. The zero-order valence-electron chi connectivity index (χ0n) is 6.73. The molecule has 1 aromatic heterocycles. The second-order valence-corrected chi connectivity index (χ2v) is 5.43. The standard InChI is InChI=1S/C9H11IS/c1-7(2)3-4-8-5-6-11-9(8)10/h3,5-6H,4H2,1-2H3. The first-order chi connectivity index (χ1) is 5.20. The predicted molar refractivity (Wildman–Crippen MR) is 60.2 cm³/mol. The maximum Gasteiger partial charge on any atom is 0.0688 e. The van der Waals surface area contributed by atoms with Crippen molar-refractivity contribution in [2.24, 2.45) is 0 Å². The van der Waals surface area contributed by atoms with Crippen LogP contribution in [0.2, 0.25) is 0 Å². The van der Waals surface area contributed by atoms with Crippen LogP contribution in [0.4, 0.5) is 0 Å². The van der Waals surface area contributed by atoms with Gasteiger partial charge in [-0.05, 0) is 59.9 Å². The summed E-state index contributed by atoms with van der Waals surface area (Å²) in [5.41, 5.74) is 2.85. The van der Waals surface area contributed by atoms with Crippen LogP contribution >= 0.6 is 33.9 Å². The number of thiophene rings is 1. The molecule has 0 bridgehead atoms. The van der Waals surface area contributed by atoms with Gasteiger partial charge in [-0.15, -0.1) is 11.3 Å². The lowest BCUT2D eigenvalue weighted by molar-refractivity contribution is 1.22. The van der Waals surface area contributed by atoms with Crippen LogP contribution in [0.25, 0.3) is 0 Å². The summed E-state index contributed by atoms with van der Waals surface area (Å²) < 4.78 is 1.42. The van der Waals surface area contributed by atoms with Gasteiger partial charge in [-0.3, -0.25) is 0 Å². The molecular weight excluding hydrogens is 267 g/mol. The molecule has 0 aliphatic rings. The van der Waals surface area contributed by atoms with E-state index in [1.54, 1.807) is 0 Å². The number of allylic oxidation sites excluding steroid dienone is 2. The third-order valence-corrected chi connectivity index (χ3v) is 3.62. The second-order valence-electron chi connectivity index (χ2n) is 2.71. The first-order valence-corrected chi connectivity index (χ1v) is 5.51. The molecule has 1 rings (SSSR count). The molecule has 60 valence electrons. The number of rotatable bonds is 2. The van der Waals surface area contributed by atoms with E-state index >= 15 is 0 Å². The van der Waals surface area contributed by atoms with Crippen LogP contribution in [0.15, 0.2) is 23.1 Å². The molecule has 0 aliphatic heterocycles. The first kappa shape index (κ1) is 9.26. The number of hydrogen-bond donors (Lipinski definition) is 0. The van der Waals surface area contributed by atoms with Gasteiger partial charge in [0.05, 0.1) is 2.88 Å². The average molecular weight is 278 g/mol. The second kappa shape index (κ2) is 4.26. The monoisotopic (exact) mass is 278 g/mol. The van der Waals surface area contributed by atoms with Gasteiger partial charge < -0.3 is 0 Å². The molecule has 0 spiro atoms. The summed E-state index contributed by atoms with van der Waals surface area (Å²) >= 11 is 4.21. The molecule has 0 N–H and O–H groups in total. The van der Waals surface area contributed by atoms with Crippen LogP contribution in [-0.2, 0) is 6.42 Å². The van der Waals surface area contributed by atoms with Gasteiger partial charge in [0.25, 0.3) is 0 Å². The van der Waals surface area contributed by atoms with Crippen molar-refractivity contribution in [1.82, 2.24) is 0 Å². The number of halogens is 1. The van der Waals surface area contributed by atoms with E-state index in [2.05, 4.69) is 54.0 Å². The van der Waals surface area contributed by atoms with Crippen LogP contribution in [0, 0.1) is 2.88 Å². The van der Waals surface area contributed by atoms with Gasteiger partial charge in [-0.2, -0.15) is 0 Å². The van der Waals surface area contributed by atoms with Crippen molar-refractivity contribution in [3.05, 3.63) is 31.5 Å². The summed E-state index contributed by atoms with van der Waals surface area (Å²) in [6.45, 7) is 4.28. The lowest BCUT2D eigenvalue weighted by atomic mass is 10.2.